The molecular weight excluding hydrogens is 238 g/mol. The molecule has 0 aliphatic heterocycles. The molecule has 0 radical (unpaired) electrons. The van der Waals surface area contributed by atoms with Crippen LogP contribution in [0.4, 0.5) is 11.4 Å². The van der Waals surface area contributed by atoms with Gasteiger partial charge in [0.25, 0.3) is 0 Å². The summed E-state index contributed by atoms with van der Waals surface area (Å²) in [6.45, 7) is 8.02. The topological polar surface area (TPSA) is 58.4 Å². The average Bonchev–Trinajstić information content (AvgIpc) is 2.39. The lowest BCUT2D eigenvalue weighted by Gasteiger charge is -2.26. The summed E-state index contributed by atoms with van der Waals surface area (Å²) in [6, 6.07) is 7.14. The molecule has 0 spiro atoms. The van der Waals surface area contributed by atoms with Crippen LogP contribution >= 0.6 is 0 Å². The van der Waals surface area contributed by atoms with E-state index in [0.717, 1.165) is 31.6 Å². The fourth-order valence-electron chi connectivity index (χ4n) is 2.02. The van der Waals surface area contributed by atoms with Crippen molar-refractivity contribution >= 4 is 17.3 Å². The summed E-state index contributed by atoms with van der Waals surface area (Å²) >= 11 is 0. The minimum absolute atomic E-state index is 0.0172. The van der Waals surface area contributed by atoms with Crippen molar-refractivity contribution in [2.24, 2.45) is 0 Å². The summed E-state index contributed by atoms with van der Waals surface area (Å²) in [4.78, 5) is 14.4. The molecular formula is C15H25N3O. The van der Waals surface area contributed by atoms with Crippen molar-refractivity contribution in [2.75, 3.05) is 24.1 Å². The Hall–Kier alpha value is -1.55. The highest BCUT2D eigenvalue weighted by molar-refractivity contribution is 5.94. The van der Waals surface area contributed by atoms with Crippen molar-refractivity contribution in [2.45, 2.75) is 39.7 Å². The van der Waals surface area contributed by atoms with Crippen molar-refractivity contribution in [3.63, 3.8) is 0 Å². The maximum absolute atomic E-state index is 12.2. The molecule has 0 aliphatic carbocycles. The van der Waals surface area contributed by atoms with Gasteiger partial charge in [-0.3, -0.25) is 9.69 Å². The second-order valence-electron chi connectivity index (χ2n) is 4.77. The Bertz CT molecular complexity index is 406. The monoisotopic (exact) mass is 263 g/mol. The number of carbonyl (C=O) groups is 1. The Kier molecular flexibility index (Phi) is 6.36. The molecule has 19 heavy (non-hydrogen) atoms. The molecule has 4 nitrogen and oxygen atoms in total. The normalized spacial score (nSPS) is 12.4. The summed E-state index contributed by atoms with van der Waals surface area (Å²) in [5.74, 6) is 0.0172. The third-order valence-corrected chi connectivity index (χ3v) is 3.29. The van der Waals surface area contributed by atoms with Crippen LogP contribution in [0.15, 0.2) is 24.3 Å². The predicted octanol–water partition coefficient (Wildman–Crippen LogP) is 2.72. The van der Waals surface area contributed by atoms with Crippen LogP contribution in [0.5, 0.6) is 0 Å². The first kappa shape index (κ1) is 15.5. The lowest BCUT2D eigenvalue weighted by atomic mass is 10.2. The fourth-order valence-corrected chi connectivity index (χ4v) is 2.02. The van der Waals surface area contributed by atoms with Crippen LogP contribution in [0, 0.1) is 0 Å². The van der Waals surface area contributed by atoms with Crippen LogP contribution in [0.25, 0.3) is 0 Å². The predicted molar refractivity (Wildman–Crippen MR) is 81.1 cm³/mol. The van der Waals surface area contributed by atoms with E-state index in [9.17, 15) is 4.79 Å². The van der Waals surface area contributed by atoms with Gasteiger partial charge in [-0.2, -0.15) is 0 Å². The first-order valence-corrected chi connectivity index (χ1v) is 6.99. The van der Waals surface area contributed by atoms with Gasteiger partial charge in [0.05, 0.1) is 6.04 Å². The molecule has 0 saturated carbocycles. The molecule has 0 saturated heterocycles. The van der Waals surface area contributed by atoms with Gasteiger partial charge in [-0.05, 0) is 44.6 Å². The van der Waals surface area contributed by atoms with Crippen LogP contribution in [0.3, 0.4) is 0 Å². The highest BCUT2D eigenvalue weighted by atomic mass is 16.2. The Morgan fingerprint density at radius 3 is 2.74 bits per heavy atom. The second kappa shape index (κ2) is 7.79. The van der Waals surface area contributed by atoms with E-state index in [0.29, 0.717) is 5.69 Å². The fraction of sp³-hybridized carbons (Fsp3) is 0.533. The zero-order valence-electron chi connectivity index (χ0n) is 12.1. The van der Waals surface area contributed by atoms with Gasteiger partial charge in [0, 0.05) is 11.4 Å². The molecule has 3 N–H and O–H groups in total. The van der Waals surface area contributed by atoms with E-state index in [1.807, 2.05) is 19.1 Å². The number of carbonyl (C=O) groups excluding carboxylic acids is 1. The molecule has 106 valence electrons. The van der Waals surface area contributed by atoms with Gasteiger partial charge in [0.1, 0.15) is 0 Å². The van der Waals surface area contributed by atoms with Crippen molar-refractivity contribution in [3.8, 4) is 0 Å². The minimum Gasteiger partial charge on any atom is -0.399 e. The molecule has 1 amide bonds. The Balaban J connectivity index is 2.60. The zero-order chi connectivity index (χ0) is 14.3. The average molecular weight is 263 g/mol. The number of nitrogens with two attached hydrogens (primary N) is 1. The third kappa shape index (κ3) is 4.91. The van der Waals surface area contributed by atoms with Crippen LogP contribution in [0.1, 0.15) is 33.6 Å². The molecule has 0 aromatic heterocycles. The van der Waals surface area contributed by atoms with Gasteiger partial charge in [0.15, 0.2) is 0 Å². The second-order valence-corrected chi connectivity index (χ2v) is 4.77. The number of nitrogens with zero attached hydrogens (tertiary/aromatic N) is 1. The van der Waals surface area contributed by atoms with Crippen molar-refractivity contribution in [1.82, 2.24) is 4.90 Å². The largest absolute Gasteiger partial charge is 0.399 e. The van der Waals surface area contributed by atoms with Gasteiger partial charge in [0.2, 0.25) is 5.91 Å². The highest BCUT2D eigenvalue weighted by Crippen LogP contribution is 2.13. The van der Waals surface area contributed by atoms with Crippen molar-refractivity contribution in [1.29, 1.82) is 0 Å². The summed E-state index contributed by atoms with van der Waals surface area (Å²) < 4.78 is 0. The number of hydrogen-bond donors (Lipinski definition) is 2. The first-order chi connectivity index (χ1) is 9.08. The molecule has 0 heterocycles. The van der Waals surface area contributed by atoms with Crippen LogP contribution < -0.4 is 11.1 Å². The SMILES string of the molecule is CCCCN(CC)C(C)C(=O)Nc1cccc(N)c1. The summed E-state index contributed by atoms with van der Waals surface area (Å²) in [6.07, 6.45) is 2.25. The number of benzene rings is 1. The standard InChI is InChI=1S/C15H25N3O/c1-4-6-10-18(5-2)12(3)15(19)17-14-9-7-8-13(16)11-14/h7-9,11-12H,4-6,10,16H2,1-3H3,(H,17,19). The lowest BCUT2D eigenvalue weighted by molar-refractivity contribution is -0.120. The number of likely N-dealkylation sites (N-methyl/N-ethyl adjacent to an activating group) is 1. The van der Waals surface area contributed by atoms with Crippen LogP contribution in [-0.4, -0.2) is 29.9 Å². The molecule has 1 unspecified atom stereocenters. The molecule has 4 heteroatoms. The molecule has 0 aliphatic rings. The smallest absolute Gasteiger partial charge is 0.241 e. The van der Waals surface area contributed by atoms with Gasteiger partial charge < -0.3 is 11.1 Å². The molecule has 1 aromatic carbocycles. The Morgan fingerprint density at radius 1 is 1.42 bits per heavy atom. The van der Waals surface area contributed by atoms with E-state index in [1.165, 1.54) is 0 Å². The van der Waals surface area contributed by atoms with E-state index in [-0.39, 0.29) is 11.9 Å². The Labute approximate surface area is 116 Å². The van der Waals surface area contributed by atoms with E-state index in [2.05, 4.69) is 24.1 Å². The Morgan fingerprint density at radius 2 is 2.16 bits per heavy atom. The quantitative estimate of drug-likeness (QED) is 0.744. The molecule has 1 atom stereocenters. The summed E-state index contributed by atoms with van der Waals surface area (Å²) in [5.41, 5.74) is 7.11. The molecule has 0 fully saturated rings. The van der Waals surface area contributed by atoms with Crippen molar-refractivity contribution in [3.05, 3.63) is 24.3 Å². The van der Waals surface area contributed by atoms with E-state index in [1.54, 1.807) is 12.1 Å². The molecule has 1 aromatic rings. The van der Waals surface area contributed by atoms with Gasteiger partial charge in [-0.1, -0.05) is 26.3 Å². The third-order valence-electron chi connectivity index (χ3n) is 3.29. The lowest BCUT2D eigenvalue weighted by Crippen LogP contribution is -2.42. The number of rotatable bonds is 7. The minimum atomic E-state index is -0.127. The van der Waals surface area contributed by atoms with E-state index >= 15 is 0 Å². The molecule has 1 rings (SSSR count). The maximum Gasteiger partial charge on any atom is 0.241 e. The highest BCUT2D eigenvalue weighted by Gasteiger charge is 2.19. The van der Waals surface area contributed by atoms with Crippen LogP contribution in [-0.2, 0) is 4.79 Å². The maximum atomic E-state index is 12.2. The number of hydrogen-bond acceptors (Lipinski definition) is 3. The molecule has 0 bridgehead atoms. The van der Waals surface area contributed by atoms with Gasteiger partial charge in [-0.15, -0.1) is 0 Å². The summed E-state index contributed by atoms with van der Waals surface area (Å²) in [7, 11) is 0. The first-order valence-electron chi connectivity index (χ1n) is 6.99. The van der Waals surface area contributed by atoms with Crippen molar-refractivity contribution < 1.29 is 4.79 Å². The van der Waals surface area contributed by atoms with Gasteiger partial charge >= 0.3 is 0 Å². The van der Waals surface area contributed by atoms with Crippen LogP contribution in [0.2, 0.25) is 0 Å². The number of anilines is 2. The number of nitrogens with one attached hydrogen (secondary N) is 1. The number of unbranched alkanes of at least 4 members (excludes halogenated alkanes) is 1. The van der Waals surface area contributed by atoms with E-state index in [4.69, 9.17) is 5.73 Å². The number of nitrogen functional groups attached to an aromatic ring is 1. The van der Waals surface area contributed by atoms with Gasteiger partial charge in [-0.25, -0.2) is 0 Å². The van der Waals surface area contributed by atoms with E-state index < -0.39 is 0 Å². The zero-order valence-corrected chi connectivity index (χ0v) is 12.1. The number of amides is 1. The summed E-state index contributed by atoms with van der Waals surface area (Å²) in [5, 5.41) is 2.91.